The third-order valence-corrected chi connectivity index (χ3v) is 12.1. The van der Waals surface area contributed by atoms with Crippen LogP contribution in [0.3, 0.4) is 0 Å². The summed E-state index contributed by atoms with van der Waals surface area (Å²) in [5, 5.41) is 6.78. The second kappa shape index (κ2) is 6.77. The van der Waals surface area contributed by atoms with Gasteiger partial charge in [0.25, 0.3) is 0 Å². The van der Waals surface area contributed by atoms with Crippen LogP contribution in [0, 0.1) is 0 Å². The van der Waals surface area contributed by atoms with E-state index in [1.54, 1.807) is 0 Å². The van der Waals surface area contributed by atoms with Crippen LogP contribution in [0.5, 0.6) is 0 Å². The van der Waals surface area contributed by atoms with Crippen molar-refractivity contribution >= 4 is 90.1 Å². The number of benzene rings is 5. The predicted octanol–water partition coefficient (Wildman–Crippen LogP) is 11.0. The lowest BCUT2D eigenvalue weighted by Gasteiger charge is -2.17. The quantitative estimate of drug-likeness (QED) is 0.153. The van der Waals surface area contributed by atoms with Crippen LogP contribution in [-0.4, -0.2) is 0 Å². The Bertz CT molecular complexity index is 2060. The van der Waals surface area contributed by atoms with E-state index in [9.17, 15) is 0 Å². The van der Waals surface area contributed by atoms with Gasteiger partial charge in [0.1, 0.15) is 22.3 Å². The molecule has 0 spiro atoms. The lowest BCUT2D eigenvalue weighted by molar-refractivity contribution is 0.612. The van der Waals surface area contributed by atoms with Gasteiger partial charge in [-0.25, -0.2) is 0 Å². The first-order valence-electron chi connectivity index (χ1n) is 11.8. The largest absolute Gasteiger partial charge is 0.451 e. The van der Waals surface area contributed by atoms with E-state index in [0.29, 0.717) is 0 Å². The van der Waals surface area contributed by atoms with E-state index < -0.39 is 14.7 Å². The highest BCUT2D eigenvalue weighted by Gasteiger charge is 2.25. The van der Waals surface area contributed by atoms with Crippen molar-refractivity contribution in [2.24, 2.45) is 0 Å². The molecule has 0 aliphatic carbocycles. The SMILES string of the molecule is c1ccc2c(c1)oc1c3oc4ccccc4p4c5ccccc5oc(c5oc6ccccc6p2c15)c34. The minimum Gasteiger partial charge on any atom is -0.451 e. The highest BCUT2D eigenvalue weighted by molar-refractivity contribution is 7.64. The second-order valence-corrected chi connectivity index (χ2v) is 13.1. The van der Waals surface area contributed by atoms with Crippen molar-refractivity contribution in [3.63, 3.8) is 0 Å². The molecule has 0 aliphatic rings. The van der Waals surface area contributed by atoms with Crippen LogP contribution < -0.4 is 0 Å². The number of hydrogen-bond donors (Lipinski definition) is 0. The van der Waals surface area contributed by atoms with Gasteiger partial charge in [0.05, 0.1) is 10.2 Å². The molecule has 9 rings (SSSR count). The molecule has 4 nitrogen and oxygen atoms in total. The average molecular weight is 502 g/mol. The Kier molecular flexibility index (Phi) is 3.60. The van der Waals surface area contributed by atoms with Crippen LogP contribution in [0.25, 0.3) is 75.4 Å². The standard InChI is InChI=1S/C30H16O4P2/c1-5-13-21-17(9-1)31-25-26-30-28(27-29(25)35(21)22-14-6-2-10-18(22)33-27)34-20-12-4-8-16-24(20)36(30)23-15-7-3-11-19(23)32-26/h1-16H. The van der Waals surface area contributed by atoms with E-state index >= 15 is 0 Å². The molecule has 0 saturated carbocycles. The van der Waals surface area contributed by atoms with Crippen molar-refractivity contribution in [3.8, 4) is 0 Å². The molecule has 6 heteroatoms. The van der Waals surface area contributed by atoms with Crippen LogP contribution in [0.4, 0.5) is 0 Å². The normalized spacial score (nSPS) is 12.4. The Morgan fingerprint density at radius 1 is 0.333 bits per heavy atom. The number of fused-ring (bicyclic) bond motifs is 10. The maximum Gasteiger partial charge on any atom is 0.186 e. The number of hydrogen-bond acceptors (Lipinski definition) is 4. The third kappa shape index (κ3) is 2.31. The summed E-state index contributed by atoms with van der Waals surface area (Å²) in [4.78, 5) is 0. The molecule has 5 aromatic carbocycles. The molecule has 0 unspecified atom stereocenters. The van der Waals surface area contributed by atoms with Gasteiger partial charge in [-0.15, -0.1) is 0 Å². The van der Waals surface area contributed by atoms with Gasteiger partial charge >= 0.3 is 0 Å². The minimum absolute atomic E-state index is 0.757. The van der Waals surface area contributed by atoms with Gasteiger partial charge in [-0.3, -0.25) is 0 Å². The molecular formula is C30H16O4P2. The zero-order chi connectivity index (χ0) is 23.4. The van der Waals surface area contributed by atoms with Crippen LogP contribution >= 0.6 is 14.7 Å². The molecule has 0 saturated heterocycles. The molecule has 0 atom stereocenters. The van der Waals surface area contributed by atoms with Crippen LogP contribution in [-0.2, 0) is 0 Å². The first kappa shape index (κ1) is 19.1. The Hall–Kier alpha value is -4.10. The molecule has 0 fully saturated rings. The van der Waals surface area contributed by atoms with Gasteiger partial charge in [-0.05, 0) is 48.5 Å². The van der Waals surface area contributed by atoms with Crippen molar-refractivity contribution in [1.29, 1.82) is 0 Å². The monoisotopic (exact) mass is 502 g/mol. The maximum absolute atomic E-state index is 6.68. The highest BCUT2D eigenvalue weighted by atomic mass is 31.1. The van der Waals surface area contributed by atoms with Crippen molar-refractivity contribution in [1.82, 2.24) is 0 Å². The van der Waals surface area contributed by atoms with E-state index in [1.807, 2.05) is 24.3 Å². The first-order valence-corrected chi connectivity index (χ1v) is 14.5. The van der Waals surface area contributed by atoms with Crippen molar-refractivity contribution in [3.05, 3.63) is 97.1 Å². The zero-order valence-corrected chi connectivity index (χ0v) is 20.6. The fourth-order valence-electron chi connectivity index (χ4n) is 5.52. The fourth-order valence-corrected chi connectivity index (χ4v) is 10.7. The van der Waals surface area contributed by atoms with Gasteiger partial charge in [-0.1, -0.05) is 63.2 Å². The van der Waals surface area contributed by atoms with E-state index in [4.69, 9.17) is 17.7 Å². The Balaban J connectivity index is 1.75. The van der Waals surface area contributed by atoms with E-state index in [2.05, 4.69) is 72.8 Å². The molecule has 0 aliphatic heterocycles. The van der Waals surface area contributed by atoms with Crippen LogP contribution in [0.2, 0.25) is 0 Å². The first-order chi connectivity index (χ1) is 17.9. The van der Waals surface area contributed by atoms with Crippen LogP contribution in [0.15, 0.2) is 115 Å². The molecule has 4 heterocycles. The Morgan fingerprint density at radius 3 is 0.861 bits per heavy atom. The van der Waals surface area contributed by atoms with Gasteiger partial charge in [0.15, 0.2) is 22.3 Å². The summed E-state index contributed by atoms with van der Waals surface area (Å²) in [5.41, 5.74) is 6.53. The van der Waals surface area contributed by atoms with E-state index in [-0.39, 0.29) is 0 Å². The Labute approximate surface area is 204 Å². The van der Waals surface area contributed by atoms with Crippen LogP contribution in [0.1, 0.15) is 0 Å². The molecule has 36 heavy (non-hydrogen) atoms. The summed E-state index contributed by atoms with van der Waals surface area (Å²) >= 11 is 0. The van der Waals surface area contributed by atoms with Crippen molar-refractivity contribution < 1.29 is 17.7 Å². The molecule has 9 aromatic rings. The summed E-state index contributed by atoms with van der Waals surface area (Å²) < 4.78 is 26.7. The highest BCUT2D eigenvalue weighted by Crippen LogP contribution is 2.58. The third-order valence-electron chi connectivity index (χ3n) is 6.99. The summed E-state index contributed by atoms with van der Waals surface area (Å²) in [5.74, 6) is 0. The number of para-hydroxylation sites is 4. The smallest absolute Gasteiger partial charge is 0.186 e. The predicted molar refractivity (Wildman–Crippen MR) is 150 cm³/mol. The second-order valence-electron chi connectivity index (χ2n) is 8.96. The van der Waals surface area contributed by atoms with Crippen molar-refractivity contribution in [2.45, 2.75) is 0 Å². The lowest BCUT2D eigenvalue weighted by Crippen LogP contribution is -1.86. The summed E-state index contributed by atoms with van der Waals surface area (Å²) in [6, 6.07) is 33.3. The van der Waals surface area contributed by atoms with E-state index in [1.165, 1.54) is 20.5 Å². The lowest BCUT2D eigenvalue weighted by atomic mass is 10.3. The van der Waals surface area contributed by atoms with Crippen molar-refractivity contribution in [2.75, 3.05) is 0 Å². The van der Waals surface area contributed by atoms with Gasteiger partial charge in [-0.2, -0.15) is 0 Å². The maximum atomic E-state index is 6.68. The van der Waals surface area contributed by atoms with E-state index in [0.717, 1.165) is 54.9 Å². The molecule has 4 aromatic heterocycles. The molecular weight excluding hydrogens is 486 g/mol. The molecule has 0 N–H and O–H groups in total. The number of rotatable bonds is 0. The molecule has 0 radical (unpaired) electrons. The molecule has 170 valence electrons. The molecule has 0 bridgehead atoms. The summed E-state index contributed by atoms with van der Waals surface area (Å²) in [7, 11) is -1.83. The summed E-state index contributed by atoms with van der Waals surface area (Å²) in [6.45, 7) is 0. The minimum atomic E-state index is -0.916. The topological polar surface area (TPSA) is 52.6 Å². The average Bonchev–Trinajstić information content (AvgIpc) is 2.94. The zero-order valence-electron chi connectivity index (χ0n) is 18.8. The van der Waals surface area contributed by atoms with Gasteiger partial charge < -0.3 is 17.7 Å². The van der Waals surface area contributed by atoms with Gasteiger partial charge in [0.2, 0.25) is 0 Å². The Morgan fingerprint density at radius 2 is 0.583 bits per heavy atom. The fraction of sp³-hybridized carbons (Fsp3) is 0. The summed E-state index contributed by atoms with van der Waals surface area (Å²) in [6.07, 6.45) is 0. The molecule has 0 amide bonds. The van der Waals surface area contributed by atoms with Gasteiger partial charge in [0, 0.05) is 20.5 Å².